The predicted octanol–water partition coefficient (Wildman–Crippen LogP) is 1.83. The summed E-state index contributed by atoms with van der Waals surface area (Å²) in [6.07, 6.45) is -0.575. The first-order valence-corrected chi connectivity index (χ1v) is 5.28. The van der Waals surface area contributed by atoms with Gasteiger partial charge in [-0.1, -0.05) is 17.7 Å². The van der Waals surface area contributed by atoms with Crippen LogP contribution in [0.2, 0.25) is 0 Å². The smallest absolute Gasteiger partial charge is 0.284 e. The van der Waals surface area contributed by atoms with Crippen LogP contribution in [0.5, 0.6) is 5.75 Å². The molecule has 0 spiro atoms. The van der Waals surface area contributed by atoms with Crippen molar-refractivity contribution in [2.24, 2.45) is 0 Å². The van der Waals surface area contributed by atoms with Crippen LogP contribution in [0.1, 0.15) is 19.4 Å². The molecule has 1 aromatic carbocycles. The molecule has 4 nitrogen and oxygen atoms in total. The minimum absolute atomic E-state index is 0.289. The number of carbonyl (C=O) groups is 1. The van der Waals surface area contributed by atoms with Crippen molar-refractivity contribution in [3.8, 4) is 5.75 Å². The van der Waals surface area contributed by atoms with Crippen molar-refractivity contribution in [3.63, 3.8) is 0 Å². The minimum Gasteiger partial charge on any atom is -0.481 e. The number of carbonyl (C=O) groups excluding carboxylic acids is 1. The number of hydrogen-bond acceptors (Lipinski definition) is 3. The Kier molecular flexibility index (Phi) is 4.79. The second-order valence-corrected chi connectivity index (χ2v) is 3.47. The summed E-state index contributed by atoms with van der Waals surface area (Å²) in [7, 11) is 0. The molecule has 4 heteroatoms. The first-order valence-electron chi connectivity index (χ1n) is 5.28. The van der Waals surface area contributed by atoms with Crippen LogP contribution >= 0.6 is 0 Å². The van der Waals surface area contributed by atoms with E-state index in [4.69, 9.17) is 9.57 Å². The van der Waals surface area contributed by atoms with Gasteiger partial charge in [-0.15, -0.1) is 0 Å². The Bertz CT molecular complexity index is 335. The molecule has 1 unspecified atom stereocenters. The summed E-state index contributed by atoms with van der Waals surface area (Å²) >= 11 is 0. The zero-order chi connectivity index (χ0) is 12.0. The fourth-order valence-electron chi connectivity index (χ4n) is 1.10. The highest BCUT2D eigenvalue weighted by molar-refractivity contribution is 5.79. The summed E-state index contributed by atoms with van der Waals surface area (Å²) < 4.78 is 5.44. The van der Waals surface area contributed by atoms with Crippen molar-refractivity contribution in [3.05, 3.63) is 29.8 Å². The van der Waals surface area contributed by atoms with Crippen LogP contribution in [-0.4, -0.2) is 18.6 Å². The van der Waals surface area contributed by atoms with Crippen LogP contribution in [0.25, 0.3) is 0 Å². The molecule has 0 radical (unpaired) electrons. The second-order valence-electron chi connectivity index (χ2n) is 3.47. The molecule has 0 heterocycles. The van der Waals surface area contributed by atoms with Gasteiger partial charge in [-0.05, 0) is 32.9 Å². The number of hydroxylamine groups is 1. The number of hydrogen-bond donors (Lipinski definition) is 1. The molecule has 0 saturated carbocycles. The van der Waals surface area contributed by atoms with E-state index < -0.39 is 6.10 Å². The third-order valence-corrected chi connectivity index (χ3v) is 2.02. The summed E-state index contributed by atoms with van der Waals surface area (Å²) in [6, 6.07) is 7.53. The van der Waals surface area contributed by atoms with E-state index in [9.17, 15) is 4.79 Å². The maximum absolute atomic E-state index is 11.4. The average Bonchev–Trinajstić information content (AvgIpc) is 2.29. The summed E-state index contributed by atoms with van der Waals surface area (Å²) in [5, 5.41) is 0. The zero-order valence-corrected chi connectivity index (χ0v) is 9.82. The van der Waals surface area contributed by atoms with E-state index in [1.54, 1.807) is 13.8 Å². The lowest BCUT2D eigenvalue weighted by molar-refractivity contribution is -0.139. The number of amides is 1. The highest BCUT2D eigenvalue weighted by Gasteiger charge is 2.14. The normalized spacial score (nSPS) is 11.9. The summed E-state index contributed by atoms with van der Waals surface area (Å²) in [4.78, 5) is 16.2. The van der Waals surface area contributed by atoms with Crippen LogP contribution in [0.3, 0.4) is 0 Å². The highest BCUT2D eigenvalue weighted by atomic mass is 16.7. The summed E-state index contributed by atoms with van der Waals surface area (Å²) in [5.74, 6) is 0.382. The number of benzene rings is 1. The fourth-order valence-corrected chi connectivity index (χ4v) is 1.10. The molecule has 1 N–H and O–H groups in total. The van der Waals surface area contributed by atoms with Crippen LogP contribution in [0.15, 0.2) is 24.3 Å². The molecule has 0 saturated heterocycles. The lowest BCUT2D eigenvalue weighted by Crippen LogP contribution is -2.36. The number of rotatable bonds is 5. The summed E-state index contributed by atoms with van der Waals surface area (Å²) in [5.41, 5.74) is 3.45. The van der Waals surface area contributed by atoms with Gasteiger partial charge in [0.1, 0.15) is 5.75 Å². The average molecular weight is 223 g/mol. The molecule has 88 valence electrons. The van der Waals surface area contributed by atoms with E-state index in [1.807, 2.05) is 31.2 Å². The molecule has 16 heavy (non-hydrogen) atoms. The summed E-state index contributed by atoms with van der Waals surface area (Å²) in [6.45, 7) is 5.90. The monoisotopic (exact) mass is 223 g/mol. The standard InChI is InChI=1S/C12H17NO3/c1-4-15-13-12(14)10(3)16-11-7-5-9(2)6-8-11/h5-8,10H,4H2,1-3H3,(H,13,14). The molecular formula is C12H17NO3. The molecule has 1 amide bonds. The van der Waals surface area contributed by atoms with E-state index in [-0.39, 0.29) is 5.91 Å². The van der Waals surface area contributed by atoms with Crippen LogP contribution < -0.4 is 10.2 Å². The van der Waals surface area contributed by atoms with Crippen LogP contribution in [0.4, 0.5) is 0 Å². The molecule has 1 aromatic rings. The minimum atomic E-state index is -0.575. The Hall–Kier alpha value is -1.55. The van der Waals surface area contributed by atoms with Gasteiger partial charge in [0.2, 0.25) is 0 Å². The Morgan fingerprint density at radius 2 is 2.00 bits per heavy atom. The quantitative estimate of drug-likeness (QED) is 0.775. The lowest BCUT2D eigenvalue weighted by Gasteiger charge is -2.14. The predicted molar refractivity (Wildman–Crippen MR) is 61.0 cm³/mol. The molecule has 1 atom stereocenters. The van der Waals surface area contributed by atoms with Crippen molar-refractivity contribution >= 4 is 5.91 Å². The maximum Gasteiger partial charge on any atom is 0.284 e. The van der Waals surface area contributed by atoms with Gasteiger partial charge in [-0.3, -0.25) is 9.63 Å². The van der Waals surface area contributed by atoms with Gasteiger partial charge in [-0.25, -0.2) is 5.48 Å². The van der Waals surface area contributed by atoms with E-state index >= 15 is 0 Å². The van der Waals surface area contributed by atoms with Crippen molar-refractivity contribution in [2.45, 2.75) is 26.9 Å². The maximum atomic E-state index is 11.4. The third kappa shape index (κ3) is 3.90. The van der Waals surface area contributed by atoms with Gasteiger partial charge in [0.25, 0.3) is 5.91 Å². The first-order chi connectivity index (χ1) is 7.63. The Morgan fingerprint density at radius 3 is 2.56 bits per heavy atom. The van der Waals surface area contributed by atoms with Gasteiger partial charge in [0.15, 0.2) is 6.10 Å². The van der Waals surface area contributed by atoms with Crippen molar-refractivity contribution in [1.29, 1.82) is 0 Å². The highest BCUT2D eigenvalue weighted by Crippen LogP contribution is 2.13. The van der Waals surface area contributed by atoms with E-state index in [1.165, 1.54) is 0 Å². The fraction of sp³-hybridized carbons (Fsp3) is 0.417. The Labute approximate surface area is 95.5 Å². The lowest BCUT2D eigenvalue weighted by atomic mass is 10.2. The second kappa shape index (κ2) is 6.12. The van der Waals surface area contributed by atoms with Crippen molar-refractivity contribution in [2.75, 3.05) is 6.61 Å². The molecule has 1 rings (SSSR count). The van der Waals surface area contributed by atoms with Gasteiger partial charge >= 0.3 is 0 Å². The largest absolute Gasteiger partial charge is 0.481 e. The van der Waals surface area contributed by atoms with Crippen LogP contribution in [0, 0.1) is 6.92 Å². The van der Waals surface area contributed by atoms with E-state index in [0.717, 1.165) is 5.56 Å². The van der Waals surface area contributed by atoms with Crippen LogP contribution in [-0.2, 0) is 9.63 Å². The molecule has 0 aliphatic carbocycles. The topological polar surface area (TPSA) is 47.6 Å². The zero-order valence-electron chi connectivity index (χ0n) is 9.82. The Morgan fingerprint density at radius 1 is 1.38 bits per heavy atom. The Balaban J connectivity index is 2.47. The number of aryl methyl sites for hydroxylation is 1. The first kappa shape index (κ1) is 12.5. The third-order valence-electron chi connectivity index (χ3n) is 2.02. The number of ether oxygens (including phenoxy) is 1. The van der Waals surface area contributed by atoms with Gasteiger partial charge < -0.3 is 4.74 Å². The molecular weight excluding hydrogens is 206 g/mol. The van der Waals surface area contributed by atoms with E-state index in [2.05, 4.69) is 5.48 Å². The molecule has 0 aliphatic heterocycles. The van der Waals surface area contributed by atoms with Gasteiger partial charge in [0.05, 0.1) is 6.61 Å². The van der Waals surface area contributed by atoms with Gasteiger partial charge in [0, 0.05) is 0 Å². The molecule has 0 aliphatic rings. The SMILES string of the molecule is CCONC(=O)C(C)Oc1ccc(C)cc1. The van der Waals surface area contributed by atoms with Crippen molar-refractivity contribution in [1.82, 2.24) is 5.48 Å². The van der Waals surface area contributed by atoms with E-state index in [0.29, 0.717) is 12.4 Å². The van der Waals surface area contributed by atoms with Gasteiger partial charge in [-0.2, -0.15) is 0 Å². The molecule has 0 aromatic heterocycles. The molecule has 0 bridgehead atoms. The van der Waals surface area contributed by atoms with Crippen molar-refractivity contribution < 1.29 is 14.4 Å². The number of nitrogens with one attached hydrogen (secondary N) is 1. The molecule has 0 fully saturated rings.